The summed E-state index contributed by atoms with van der Waals surface area (Å²) in [6, 6.07) is 20.1. The molecule has 0 bridgehead atoms. The molecule has 2 aromatic carbocycles. The van der Waals surface area contributed by atoms with Crippen LogP contribution in [0, 0.1) is 23.7 Å². The molecule has 0 spiro atoms. The molecule has 0 saturated heterocycles. The molecule has 1 atom stereocenters. The van der Waals surface area contributed by atoms with Gasteiger partial charge in [0.15, 0.2) is 0 Å². The first kappa shape index (κ1) is 15.9. The lowest BCUT2D eigenvalue weighted by Gasteiger charge is -1.97. The number of hydrogen-bond acceptors (Lipinski definition) is 1. The Morgan fingerprint density at radius 3 is 2.27 bits per heavy atom. The van der Waals surface area contributed by atoms with Crippen molar-refractivity contribution in [2.75, 3.05) is 0 Å². The molecule has 0 aliphatic heterocycles. The monoisotopic (exact) mass is 288 g/mol. The number of unbranched alkanes of at least 4 members (excludes halogenated alkanes) is 1. The zero-order valence-electron chi connectivity index (χ0n) is 12.6. The van der Waals surface area contributed by atoms with E-state index < -0.39 is 6.10 Å². The molecular formula is C21H20O. The highest BCUT2D eigenvalue weighted by molar-refractivity contribution is 5.34. The van der Waals surface area contributed by atoms with Crippen LogP contribution in [-0.2, 0) is 6.42 Å². The van der Waals surface area contributed by atoms with Crippen LogP contribution in [0.15, 0.2) is 60.7 Å². The van der Waals surface area contributed by atoms with Crippen molar-refractivity contribution in [3.05, 3.63) is 71.8 Å². The summed E-state index contributed by atoms with van der Waals surface area (Å²) in [6.45, 7) is 0. The van der Waals surface area contributed by atoms with Crippen molar-refractivity contribution in [2.45, 2.75) is 31.8 Å². The van der Waals surface area contributed by atoms with Gasteiger partial charge in [0.25, 0.3) is 0 Å². The fourth-order valence-corrected chi connectivity index (χ4v) is 2.02. The zero-order valence-corrected chi connectivity index (χ0v) is 12.6. The Labute approximate surface area is 133 Å². The second-order valence-corrected chi connectivity index (χ2v) is 5.05. The van der Waals surface area contributed by atoms with Crippen molar-refractivity contribution in [1.82, 2.24) is 0 Å². The molecule has 0 heterocycles. The maximum absolute atomic E-state index is 9.77. The molecule has 22 heavy (non-hydrogen) atoms. The summed E-state index contributed by atoms with van der Waals surface area (Å²) in [5.41, 5.74) is 2.26. The van der Waals surface area contributed by atoms with Crippen molar-refractivity contribution >= 4 is 0 Å². The summed E-state index contributed by atoms with van der Waals surface area (Å²) < 4.78 is 0. The molecular weight excluding hydrogens is 268 g/mol. The van der Waals surface area contributed by atoms with E-state index in [4.69, 9.17) is 0 Å². The minimum absolute atomic E-state index is 0.408. The Bertz CT molecular complexity index is 666. The van der Waals surface area contributed by atoms with Crippen LogP contribution in [0.1, 0.15) is 30.4 Å². The van der Waals surface area contributed by atoms with Gasteiger partial charge in [-0.15, -0.1) is 5.92 Å². The Kier molecular flexibility index (Phi) is 6.83. The van der Waals surface area contributed by atoms with E-state index in [1.807, 2.05) is 36.4 Å². The van der Waals surface area contributed by atoms with Gasteiger partial charge in [0.2, 0.25) is 0 Å². The second kappa shape index (κ2) is 9.46. The second-order valence-electron chi connectivity index (χ2n) is 5.05. The highest BCUT2D eigenvalue weighted by Crippen LogP contribution is 2.03. The lowest BCUT2D eigenvalue weighted by atomic mass is 10.1. The van der Waals surface area contributed by atoms with Gasteiger partial charge in [0.1, 0.15) is 6.10 Å². The number of aliphatic hydroxyl groups excluding tert-OH is 1. The maximum Gasteiger partial charge on any atom is 0.125 e. The summed E-state index contributed by atoms with van der Waals surface area (Å²) in [5.74, 6) is 11.9. The third-order valence-corrected chi connectivity index (χ3v) is 3.19. The summed E-state index contributed by atoms with van der Waals surface area (Å²) in [5, 5.41) is 9.77. The van der Waals surface area contributed by atoms with E-state index in [2.05, 4.69) is 47.9 Å². The van der Waals surface area contributed by atoms with E-state index in [1.54, 1.807) is 0 Å². The van der Waals surface area contributed by atoms with Gasteiger partial charge >= 0.3 is 0 Å². The molecule has 0 fully saturated rings. The van der Waals surface area contributed by atoms with Crippen molar-refractivity contribution in [1.29, 1.82) is 0 Å². The minimum Gasteiger partial charge on any atom is -0.379 e. The molecule has 0 radical (unpaired) electrons. The van der Waals surface area contributed by atoms with E-state index in [0.717, 1.165) is 24.8 Å². The van der Waals surface area contributed by atoms with Crippen LogP contribution in [-0.4, -0.2) is 11.2 Å². The molecule has 2 rings (SSSR count). The highest BCUT2D eigenvalue weighted by Gasteiger charge is 1.94. The minimum atomic E-state index is -0.679. The lowest BCUT2D eigenvalue weighted by molar-refractivity contribution is 0.239. The van der Waals surface area contributed by atoms with E-state index in [1.165, 1.54) is 5.56 Å². The molecule has 1 unspecified atom stereocenters. The van der Waals surface area contributed by atoms with Gasteiger partial charge in [-0.3, -0.25) is 0 Å². The first-order valence-electron chi connectivity index (χ1n) is 7.59. The summed E-state index contributed by atoms with van der Waals surface area (Å²) in [6.07, 6.45) is 2.68. The summed E-state index contributed by atoms with van der Waals surface area (Å²) >= 11 is 0. The Hall–Kier alpha value is -2.48. The Balaban J connectivity index is 1.67. The quantitative estimate of drug-likeness (QED) is 0.670. The van der Waals surface area contributed by atoms with Gasteiger partial charge in [0, 0.05) is 18.4 Å². The van der Waals surface area contributed by atoms with Gasteiger partial charge in [-0.1, -0.05) is 66.3 Å². The van der Waals surface area contributed by atoms with E-state index in [-0.39, 0.29) is 0 Å². The topological polar surface area (TPSA) is 20.2 Å². The van der Waals surface area contributed by atoms with Crippen LogP contribution in [0.3, 0.4) is 0 Å². The van der Waals surface area contributed by atoms with Crippen LogP contribution < -0.4 is 0 Å². The zero-order chi connectivity index (χ0) is 15.5. The molecule has 1 nitrogen and oxygen atoms in total. The van der Waals surface area contributed by atoms with Gasteiger partial charge in [-0.05, 0) is 30.5 Å². The number of aryl methyl sites for hydroxylation is 1. The average molecular weight is 288 g/mol. The Morgan fingerprint density at radius 1 is 0.864 bits per heavy atom. The first-order chi connectivity index (χ1) is 10.8. The molecule has 0 saturated carbocycles. The fourth-order valence-electron chi connectivity index (χ4n) is 2.02. The molecule has 0 amide bonds. The van der Waals surface area contributed by atoms with Crippen molar-refractivity contribution < 1.29 is 5.11 Å². The number of hydrogen-bond donors (Lipinski definition) is 1. The van der Waals surface area contributed by atoms with Gasteiger partial charge < -0.3 is 5.11 Å². The van der Waals surface area contributed by atoms with Crippen LogP contribution in [0.5, 0.6) is 0 Å². The number of aliphatic hydroxyl groups is 1. The SMILES string of the molecule is OC(C#Cc1ccccc1)CC#CCCCc1ccccc1. The van der Waals surface area contributed by atoms with Crippen molar-refractivity contribution in [3.63, 3.8) is 0 Å². The van der Waals surface area contributed by atoms with Crippen LogP contribution in [0.4, 0.5) is 0 Å². The smallest absolute Gasteiger partial charge is 0.125 e. The van der Waals surface area contributed by atoms with E-state index >= 15 is 0 Å². The summed E-state index contributed by atoms with van der Waals surface area (Å²) in [4.78, 5) is 0. The molecule has 1 N–H and O–H groups in total. The van der Waals surface area contributed by atoms with E-state index in [0.29, 0.717) is 6.42 Å². The third kappa shape index (κ3) is 6.31. The number of rotatable bonds is 4. The predicted octanol–water partition coefficient (Wildman–Crippen LogP) is 3.82. The van der Waals surface area contributed by atoms with Gasteiger partial charge in [0.05, 0.1) is 0 Å². The predicted molar refractivity (Wildman–Crippen MR) is 91.1 cm³/mol. The lowest BCUT2D eigenvalue weighted by Crippen LogP contribution is -2.00. The van der Waals surface area contributed by atoms with E-state index in [9.17, 15) is 5.11 Å². The maximum atomic E-state index is 9.77. The van der Waals surface area contributed by atoms with Gasteiger partial charge in [-0.2, -0.15) is 0 Å². The van der Waals surface area contributed by atoms with Crippen molar-refractivity contribution in [2.24, 2.45) is 0 Å². The largest absolute Gasteiger partial charge is 0.379 e. The molecule has 2 aromatic rings. The van der Waals surface area contributed by atoms with Crippen molar-refractivity contribution in [3.8, 4) is 23.7 Å². The Morgan fingerprint density at radius 2 is 1.55 bits per heavy atom. The molecule has 110 valence electrons. The number of benzene rings is 2. The van der Waals surface area contributed by atoms with Crippen LogP contribution in [0.25, 0.3) is 0 Å². The van der Waals surface area contributed by atoms with Gasteiger partial charge in [-0.25, -0.2) is 0 Å². The standard InChI is InChI=1S/C21H20O/c22-21(18-17-20-14-8-4-9-15-20)16-10-2-1-5-11-19-12-6-3-7-13-19/h3-4,6-9,12-15,21-22H,1,5,11,16H2. The molecule has 0 aliphatic rings. The van der Waals surface area contributed by atoms with Crippen LogP contribution >= 0.6 is 0 Å². The summed E-state index contributed by atoms with van der Waals surface area (Å²) in [7, 11) is 0. The third-order valence-electron chi connectivity index (χ3n) is 3.19. The van der Waals surface area contributed by atoms with Crippen LogP contribution in [0.2, 0.25) is 0 Å². The highest BCUT2D eigenvalue weighted by atomic mass is 16.3. The molecule has 0 aliphatic carbocycles. The fraction of sp³-hybridized carbons (Fsp3) is 0.238. The first-order valence-corrected chi connectivity index (χ1v) is 7.59. The normalized spacial score (nSPS) is 10.8. The molecule has 1 heteroatoms. The average Bonchev–Trinajstić information content (AvgIpc) is 2.58. The molecule has 0 aromatic heterocycles.